The SMILES string of the molecule is CN(Cc1ccc(C#N)cc1)C(=O)C1COCCN1. The lowest BCUT2D eigenvalue weighted by molar-refractivity contribution is -0.135. The first-order valence-electron chi connectivity index (χ1n) is 6.26. The Morgan fingerprint density at radius 2 is 2.26 bits per heavy atom. The van der Waals surface area contributed by atoms with E-state index in [0.29, 0.717) is 31.9 Å². The number of carbonyl (C=O) groups is 1. The molecule has 1 aliphatic rings. The van der Waals surface area contributed by atoms with Crippen molar-refractivity contribution in [1.29, 1.82) is 5.26 Å². The molecule has 1 fully saturated rings. The van der Waals surface area contributed by atoms with Crippen molar-refractivity contribution >= 4 is 5.91 Å². The van der Waals surface area contributed by atoms with E-state index in [2.05, 4.69) is 11.4 Å². The molecular formula is C14H17N3O2. The molecule has 0 saturated carbocycles. The third-order valence-corrected chi connectivity index (χ3v) is 3.10. The third kappa shape index (κ3) is 3.53. The number of amides is 1. The monoisotopic (exact) mass is 259 g/mol. The molecule has 0 bridgehead atoms. The van der Waals surface area contributed by atoms with E-state index in [1.165, 1.54) is 0 Å². The van der Waals surface area contributed by atoms with Gasteiger partial charge >= 0.3 is 0 Å². The highest BCUT2D eigenvalue weighted by molar-refractivity contribution is 5.81. The molecule has 1 aromatic rings. The second kappa shape index (κ2) is 6.32. The number of hydrogen-bond donors (Lipinski definition) is 1. The van der Waals surface area contributed by atoms with Crippen molar-refractivity contribution in [3.8, 4) is 6.07 Å². The van der Waals surface area contributed by atoms with Crippen molar-refractivity contribution in [2.45, 2.75) is 12.6 Å². The standard InChI is InChI=1S/C14H17N3O2/c1-17(14(18)13-10-19-7-6-16-13)9-12-4-2-11(8-15)3-5-12/h2-5,13,16H,6-7,9-10H2,1H3. The molecule has 5 heteroatoms. The number of ether oxygens (including phenoxy) is 1. The van der Waals surface area contributed by atoms with Crippen molar-refractivity contribution in [3.63, 3.8) is 0 Å². The highest BCUT2D eigenvalue weighted by atomic mass is 16.5. The maximum absolute atomic E-state index is 12.2. The first-order valence-corrected chi connectivity index (χ1v) is 6.26. The van der Waals surface area contributed by atoms with Gasteiger partial charge in [0.25, 0.3) is 0 Å². The van der Waals surface area contributed by atoms with Crippen LogP contribution in [0.1, 0.15) is 11.1 Å². The zero-order valence-electron chi connectivity index (χ0n) is 10.9. The van der Waals surface area contributed by atoms with Gasteiger partial charge in [-0.3, -0.25) is 4.79 Å². The van der Waals surface area contributed by atoms with Crippen LogP contribution in [0.3, 0.4) is 0 Å². The summed E-state index contributed by atoms with van der Waals surface area (Å²) in [6.07, 6.45) is 0. The zero-order valence-corrected chi connectivity index (χ0v) is 10.9. The Labute approximate surface area is 112 Å². The fraction of sp³-hybridized carbons (Fsp3) is 0.429. The molecule has 0 radical (unpaired) electrons. The van der Waals surface area contributed by atoms with E-state index in [9.17, 15) is 4.79 Å². The summed E-state index contributed by atoms with van der Waals surface area (Å²) in [7, 11) is 1.77. The summed E-state index contributed by atoms with van der Waals surface area (Å²) in [5.74, 6) is 0.0315. The lowest BCUT2D eigenvalue weighted by Crippen LogP contribution is -2.51. The van der Waals surface area contributed by atoms with Crippen LogP contribution in [0.2, 0.25) is 0 Å². The number of nitrogens with zero attached hydrogens (tertiary/aromatic N) is 2. The number of hydrogen-bond acceptors (Lipinski definition) is 4. The molecule has 0 aromatic heterocycles. The van der Waals surface area contributed by atoms with Gasteiger partial charge in [0, 0.05) is 20.1 Å². The van der Waals surface area contributed by atoms with Crippen LogP contribution < -0.4 is 5.32 Å². The summed E-state index contributed by atoms with van der Waals surface area (Å²) in [6, 6.07) is 9.08. The number of morpholine rings is 1. The summed E-state index contributed by atoms with van der Waals surface area (Å²) >= 11 is 0. The van der Waals surface area contributed by atoms with Gasteiger partial charge in [0.15, 0.2) is 0 Å². The molecular weight excluding hydrogens is 242 g/mol. The van der Waals surface area contributed by atoms with E-state index >= 15 is 0 Å². The minimum atomic E-state index is -0.253. The predicted molar refractivity (Wildman–Crippen MR) is 70.2 cm³/mol. The van der Waals surface area contributed by atoms with Crippen LogP contribution >= 0.6 is 0 Å². The fourth-order valence-electron chi connectivity index (χ4n) is 2.03. The van der Waals surface area contributed by atoms with E-state index in [1.807, 2.05) is 12.1 Å². The van der Waals surface area contributed by atoms with Crippen LogP contribution in [0.4, 0.5) is 0 Å². The lowest BCUT2D eigenvalue weighted by Gasteiger charge is -2.27. The molecule has 1 aliphatic heterocycles. The molecule has 1 atom stereocenters. The molecule has 2 rings (SSSR count). The normalized spacial score (nSPS) is 18.6. The number of carbonyl (C=O) groups excluding carboxylic acids is 1. The molecule has 0 spiro atoms. The van der Waals surface area contributed by atoms with Gasteiger partial charge in [-0.15, -0.1) is 0 Å². The van der Waals surface area contributed by atoms with Crippen molar-refractivity contribution in [3.05, 3.63) is 35.4 Å². The van der Waals surface area contributed by atoms with Gasteiger partial charge in [0.2, 0.25) is 5.91 Å². The van der Waals surface area contributed by atoms with E-state index in [-0.39, 0.29) is 11.9 Å². The number of benzene rings is 1. The molecule has 0 aliphatic carbocycles. The molecule has 1 aromatic carbocycles. The van der Waals surface area contributed by atoms with Crippen molar-refractivity contribution in [1.82, 2.24) is 10.2 Å². The smallest absolute Gasteiger partial charge is 0.242 e. The van der Waals surface area contributed by atoms with Gasteiger partial charge in [0.05, 0.1) is 24.8 Å². The predicted octanol–water partition coefficient (Wildman–Crippen LogP) is 0.505. The Morgan fingerprint density at radius 1 is 1.53 bits per heavy atom. The van der Waals surface area contributed by atoms with Crippen LogP contribution in [-0.4, -0.2) is 43.7 Å². The molecule has 1 unspecified atom stereocenters. The van der Waals surface area contributed by atoms with Crippen LogP contribution in [0, 0.1) is 11.3 Å². The number of nitriles is 1. The van der Waals surface area contributed by atoms with Gasteiger partial charge in [-0.25, -0.2) is 0 Å². The molecule has 19 heavy (non-hydrogen) atoms. The second-order valence-electron chi connectivity index (χ2n) is 4.58. The highest BCUT2D eigenvalue weighted by Gasteiger charge is 2.24. The molecule has 1 N–H and O–H groups in total. The molecule has 100 valence electrons. The van der Waals surface area contributed by atoms with Crippen LogP contribution in [0.5, 0.6) is 0 Å². The second-order valence-corrected chi connectivity index (χ2v) is 4.58. The highest BCUT2D eigenvalue weighted by Crippen LogP contribution is 2.08. The summed E-state index contributed by atoms with van der Waals surface area (Å²) in [4.78, 5) is 13.8. The van der Waals surface area contributed by atoms with E-state index in [4.69, 9.17) is 10.00 Å². The van der Waals surface area contributed by atoms with E-state index in [0.717, 1.165) is 5.56 Å². The Kier molecular flexibility index (Phi) is 4.50. The Morgan fingerprint density at radius 3 is 2.84 bits per heavy atom. The minimum absolute atomic E-state index is 0.0315. The average molecular weight is 259 g/mol. The summed E-state index contributed by atoms with van der Waals surface area (Å²) in [6.45, 7) is 2.32. The first-order chi connectivity index (χ1) is 9.20. The van der Waals surface area contributed by atoms with Crippen LogP contribution in [-0.2, 0) is 16.1 Å². The van der Waals surface area contributed by atoms with Crippen molar-refractivity contribution in [2.75, 3.05) is 26.8 Å². The topological polar surface area (TPSA) is 65.4 Å². The summed E-state index contributed by atoms with van der Waals surface area (Å²) in [5, 5.41) is 11.9. The van der Waals surface area contributed by atoms with Crippen LogP contribution in [0.15, 0.2) is 24.3 Å². The largest absolute Gasteiger partial charge is 0.378 e. The Bertz CT molecular complexity index is 472. The minimum Gasteiger partial charge on any atom is -0.378 e. The quantitative estimate of drug-likeness (QED) is 0.858. The number of likely N-dealkylation sites (N-methyl/N-ethyl adjacent to an activating group) is 1. The molecule has 5 nitrogen and oxygen atoms in total. The number of rotatable bonds is 3. The van der Waals surface area contributed by atoms with Gasteiger partial charge in [-0.1, -0.05) is 12.1 Å². The number of nitrogens with one attached hydrogen (secondary N) is 1. The third-order valence-electron chi connectivity index (χ3n) is 3.10. The first kappa shape index (κ1) is 13.5. The molecule has 1 heterocycles. The average Bonchev–Trinajstić information content (AvgIpc) is 2.48. The van der Waals surface area contributed by atoms with E-state index in [1.54, 1.807) is 24.1 Å². The maximum atomic E-state index is 12.2. The van der Waals surface area contributed by atoms with E-state index < -0.39 is 0 Å². The molecule has 1 saturated heterocycles. The van der Waals surface area contributed by atoms with Crippen molar-refractivity contribution in [2.24, 2.45) is 0 Å². The lowest BCUT2D eigenvalue weighted by atomic mass is 10.1. The van der Waals surface area contributed by atoms with Gasteiger partial charge in [-0.2, -0.15) is 5.26 Å². The maximum Gasteiger partial charge on any atom is 0.242 e. The van der Waals surface area contributed by atoms with Gasteiger partial charge in [-0.05, 0) is 17.7 Å². The van der Waals surface area contributed by atoms with Gasteiger partial charge < -0.3 is 15.0 Å². The van der Waals surface area contributed by atoms with Gasteiger partial charge in [0.1, 0.15) is 6.04 Å². The molecule has 1 amide bonds. The zero-order chi connectivity index (χ0) is 13.7. The summed E-state index contributed by atoms with van der Waals surface area (Å²) in [5.41, 5.74) is 1.63. The fourth-order valence-corrected chi connectivity index (χ4v) is 2.03. The van der Waals surface area contributed by atoms with Crippen LogP contribution in [0.25, 0.3) is 0 Å². The Balaban J connectivity index is 1.93. The summed E-state index contributed by atoms with van der Waals surface area (Å²) < 4.78 is 5.29. The Hall–Kier alpha value is -1.90. The van der Waals surface area contributed by atoms with Crippen molar-refractivity contribution < 1.29 is 9.53 Å².